The molecule has 3 heterocycles. The molecule has 3 N–H and O–H groups in total. The number of aliphatic hydroxyl groups is 2. The Morgan fingerprint density at radius 2 is 1.95 bits per heavy atom. The molecule has 0 radical (unpaired) electrons. The van der Waals surface area contributed by atoms with Gasteiger partial charge in [0.05, 0.1) is 24.3 Å². The zero-order chi connectivity index (χ0) is 27.9. The molecule has 1 amide bonds. The van der Waals surface area contributed by atoms with Crippen LogP contribution in [-0.2, 0) is 11.3 Å². The van der Waals surface area contributed by atoms with Crippen LogP contribution in [0, 0.1) is 5.92 Å². The molecule has 11 nitrogen and oxygen atoms in total. The van der Waals surface area contributed by atoms with E-state index in [0.29, 0.717) is 22.0 Å². The number of benzene rings is 1. The highest BCUT2D eigenvalue weighted by Gasteiger charge is 2.44. The zero-order valence-corrected chi connectivity index (χ0v) is 20.6. The van der Waals surface area contributed by atoms with E-state index in [0.717, 1.165) is 9.91 Å². The van der Waals surface area contributed by atoms with Gasteiger partial charge in [0.25, 0.3) is 0 Å². The third-order valence-corrected chi connectivity index (χ3v) is 6.34. The van der Waals surface area contributed by atoms with E-state index in [1.807, 2.05) is 0 Å². The van der Waals surface area contributed by atoms with Crippen LogP contribution in [0.3, 0.4) is 0 Å². The molecule has 39 heavy (non-hydrogen) atoms. The number of rotatable bonds is 8. The maximum atomic E-state index is 13.3. The number of amidine groups is 1. The number of aromatic nitrogens is 4. The second kappa shape index (κ2) is 10.4. The van der Waals surface area contributed by atoms with Crippen molar-refractivity contribution < 1.29 is 32.6 Å². The molecule has 0 spiro atoms. The van der Waals surface area contributed by atoms with Crippen molar-refractivity contribution in [2.24, 2.45) is 11.0 Å². The van der Waals surface area contributed by atoms with Gasteiger partial charge in [-0.15, -0.1) is 5.10 Å². The van der Waals surface area contributed by atoms with Gasteiger partial charge in [0.15, 0.2) is 17.8 Å². The largest absolute Gasteiger partial charge is 0.416 e. The van der Waals surface area contributed by atoms with Crippen LogP contribution >= 0.6 is 11.6 Å². The number of halogens is 5. The van der Waals surface area contributed by atoms with E-state index >= 15 is 0 Å². The smallest absolute Gasteiger partial charge is 0.382 e. The Morgan fingerprint density at radius 3 is 2.62 bits per heavy atom. The molecule has 16 heteroatoms. The number of carbonyl (C=O) groups excluding carboxylic acids is 1. The van der Waals surface area contributed by atoms with Crippen molar-refractivity contribution in [3.63, 3.8) is 0 Å². The zero-order valence-electron chi connectivity index (χ0n) is 19.9. The fourth-order valence-corrected chi connectivity index (χ4v) is 4.00. The first-order valence-corrected chi connectivity index (χ1v) is 12.0. The van der Waals surface area contributed by atoms with Gasteiger partial charge in [0.2, 0.25) is 12.3 Å². The summed E-state index contributed by atoms with van der Waals surface area (Å²) in [5, 5.41) is 33.2. The lowest BCUT2D eigenvalue weighted by Gasteiger charge is -2.29. The second-order valence-electron chi connectivity index (χ2n) is 8.93. The number of hydrogen-bond donors (Lipinski definition) is 3. The summed E-state index contributed by atoms with van der Waals surface area (Å²) in [6.07, 6.45) is -6.19. The third kappa shape index (κ3) is 5.79. The van der Waals surface area contributed by atoms with E-state index in [9.17, 15) is 32.6 Å². The van der Waals surface area contributed by atoms with Crippen LogP contribution in [-0.4, -0.2) is 83.0 Å². The summed E-state index contributed by atoms with van der Waals surface area (Å²) < 4.78 is 53.9. The summed E-state index contributed by atoms with van der Waals surface area (Å²) in [5.41, 5.74) is 1.01. The van der Waals surface area contributed by atoms with Gasteiger partial charge in [-0.1, -0.05) is 11.6 Å². The molecular weight excluding hydrogens is 548 g/mol. The second-order valence-corrected chi connectivity index (χ2v) is 9.37. The Morgan fingerprint density at radius 1 is 1.23 bits per heavy atom. The summed E-state index contributed by atoms with van der Waals surface area (Å²) in [6, 6.07) is 7.57. The van der Waals surface area contributed by atoms with Crippen LogP contribution in [0.5, 0.6) is 0 Å². The van der Waals surface area contributed by atoms with Crippen molar-refractivity contribution in [2.75, 3.05) is 11.9 Å². The van der Waals surface area contributed by atoms with Crippen molar-refractivity contribution in [1.82, 2.24) is 29.7 Å². The summed E-state index contributed by atoms with van der Waals surface area (Å²) in [7, 11) is 0. The van der Waals surface area contributed by atoms with E-state index in [-0.39, 0.29) is 24.6 Å². The lowest BCUT2D eigenvalue weighted by atomic mass is 10.2. The molecule has 0 bridgehead atoms. The first kappa shape index (κ1) is 26.8. The minimum atomic E-state index is -4.92. The molecule has 1 aliphatic heterocycles. The summed E-state index contributed by atoms with van der Waals surface area (Å²) >= 11 is 5.91. The minimum Gasteiger partial charge on any atom is -0.382 e. The number of hydrogen-bond acceptors (Lipinski definition) is 9. The molecular formula is C23H21ClF4N8O3. The summed E-state index contributed by atoms with van der Waals surface area (Å²) in [6.45, 7) is -1.21. The maximum Gasteiger partial charge on any atom is 0.416 e. The Labute approximate surface area is 223 Å². The quantitative estimate of drug-likeness (QED) is 0.353. The minimum absolute atomic E-state index is 0.0228. The van der Waals surface area contributed by atoms with E-state index < -0.39 is 43.2 Å². The van der Waals surface area contributed by atoms with E-state index in [4.69, 9.17) is 11.6 Å². The molecule has 1 saturated carbocycles. The first-order chi connectivity index (χ1) is 18.5. The molecule has 5 rings (SSSR count). The van der Waals surface area contributed by atoms with Crippen molar-refractivity contribution >= 4 is 29.0 Å². The highest BCUT2D eigenvalue weighted by Crippen LogP contribution is 2.35. The Kier molecular flexibility index (Phi) is 7.13. The predicted molar refractivity (Wildman–Crippen MR) is 129 cm³/mol. The topological polar surface area (TPSA) is 132 Å². The van der Waals surface area contributed by atoms with Crippen molar-refractivity contribution in [3.8, 4) is 5.69 Å². The van der Waals surface area contributed by atoms with Gasteiger partial charge in [-0.05, 0) is 36.8 Å². The number of alkyl halides is 4. The van der Waals surface area contributed by atoms with Crippen LogP contribution < -0.4 is 5.32 Å². The highest BCUT2D eigenvalue weighted by atomic mass is 35.5. The number of nitrogens with zero attached hydrogens (tertiary/aromatic N) is 7. The fourth-order valence-electron chi connectivity index (χ4n) is 3.88. The highest BCUT2D eigenvalue weighted by molar-refractivity contribution is 6.30. The number of hydrazone groups is 1. The first-order valence-electron chi connectivity index (χ1n) is 11.6. The number of amides is 1. The number of aliphatic hydroxyl groups excluding tert-OH is 2. The number of β-amino-alcohol motifs (C(OH)–C–C–N with tert-alkyl or cyclic N) is 1. The van der Waals surface area contributed by atoms with Gasteiger partial charge in [0, 0.05) is 16.8 Å². The van der Waals surface area contributed by atoms with Gasteiger partial charge >= 0.3 is 6.18 Å². The molecule has 2 aromatic heterocycles. The van der Waals surface area contributed by atoms with Gasteiger partial charge in [0.1, 0.15) is 24.7 Å². The number of carbonyl (C=O) groups is 1. The van der Waals surface area contributed by atoms with Gasteiger partial charge in [-0.3, -0.25) is 9.78 Å². The van der Waals surface area contributed by atoms with Gasteiger partial charge in [-0.25, -0.2) is 19.1 Å². The Bertz CT molecular complexity index is 1390. The van der Waals surface area contributed by atoms with Crippen molar-refractivity contribution in [1.29, 1.82) is 0 Å². The Hall–Kier alpha value is -3.82. The fraction of sp³-hybridized carbons (Fsp3) is 0.348. The number of pyridine rings is 1. The van der Waals surface area contributed by atoms with Crippen LogP contribution in [0.25, 0.3) is 5.69 Å². The number of anilines is 1. The van der Waals surface area contributed by atoms with Gasteiger partial charge < -0.3 is 20.4 Å². The standard InChI is InChI=1S/C23H21ClF4N8O3/c24-13-3-1-12(2-4-13)20-33-35(22(39)34(20)9-18(37)23(26,27)28)10-19-30-11-36(32-19)17-8-29-6-5-16(17)31-21(38)14-7-15(14)25/h1-6,8,11,14-15,18,22,37,39H,7,9-10H2,(H,29,31,38)/t14-,15+,18+,22?/m1/s1. The average molecular weight is 569 g/mol. The van der Waals surface area contributed by atoms with Crippen LogP contribution in [0.15, 0.2) is 54.2 Å². The van der Waals surface area contributed by atoms with Gasteiger partial charge in [-0.2, -0.15) is 18.3 Å². The predicted octanol–water partition coefficient (Wildman–Crippen LogP) is 2.29. The SMILES string of the molecule is O=C(Nc1ccncc1-n1cnc(CN2N=C(c3ccc(Cl)cc3)N(C[C@H](O)C(F)(F)F)C2O)n1)[C@@H]1C[C@@H]1F. The molecule has 1 unspecified atom stereocenters. The molecule has 2 aliphatic rings. The molecule has 3 aromatic rings. The molecule has 1 aliphatic carbocycles. The van der Waals surface area contributed by atoms with Crippen LogP contribution in [0.1, 0.15) is 17.8 Å². The lowest BCUT2D eigenvalue weighted by molar-refractivity contribution is -0.212. The van der Waals surface area contributed by atoms with E-state index in [1.165, 1.54) is 53.7 Å². The Balaban J connectivity index is 1.37. The maximum absolute atomic E-state index is 13.3. The summed E-state index contributed by atoms with van der Waals surface area (Å²) in [5.74, 6) is -1.08. The lowest BCUT2D eigenvalue weighted by Crippen LogP contribution is -2.49. The van der Waals surface area contributed by atoms with Crippen molar-refractivity contribution in [2.45, 2.75) is 37.8 Å². The summed E-state index contributed by atoms with van der Waals surface area (Å²) in [4.78, 5) is 21.3. The normalized spacial score (nSPS) is 21.6. The van der Waals surface area contributed by atoms with E-state index in [2.05, 4.69) is 25.5 Å². The number of nitrogens with one attached hydrogen (secondary N) is 1. The molecule has 1 fully saturated rings. The van der Waals surface area contributed by atoms with Crippen LogP contribution in [0.4, 0.5) is 23.2 Å². The molecule has 206 valence electrons. The molecule has 1 aromatic carbocycles. The van der Waals surface area contributed by atoms with E-state index in [1.54, 1.807) is 0 Å². The third-order valence-electron chi connectivity index (χ3n) is 6.09. The average Bonchev–Trinajstić information content (AvgIpc) is 3.32. The molecule has 0 saturated heterocycles. The molecule has 4 atom stereocenters. The monoisotopic (exact) mass is 568 g/mol. The van der Waals surface area contributed by atoms with Crippen LogP contribution in [0.2, 0.25) is 5.02 Å². The van der Waals surface area contributed by atoms with Crippen molar-refractivity contribution in [3.05, 3.63) is 65.5 Å².